The minimum absolute atomic E-state index is 0.122. The van der Waals surface area contributed by atoms with E-state index in [0.717, 1.165) is 0 Å². The summed E-state index contributed by atoms with van der Waals surface area (Å²) in [6.45, 7) is 3.40. The SMILES string of the molecule is CC1=CC(=O)[C@H](Br)[C@@](C)(Br)C1=NS(=O)(=O)c1ccccc1. The molecule has 0 fully saturated rings. The molecule has 2 atom stereocenters. The number of nitrogens with zero attached hydrogens (tertiary/aromatic N) is 1. The van der Waals surface area contributed by atoms with Gasteiger partial charge in [-0.15, -0.1) is 0 Å². The molecular formula is C14H13Br2NO3S. The van der Waals surface area contributed by atoms with Gasteiger partial charge in [0.25, 0.3) is 10.0 Å². The number of halogens is 2. The molecule has 0 unspecified atom stereocenters. The van der Waals surface area contributed by atoms with E-state index in [2.05, 4.69) is 36.3 Å². The average Bonchev–Trinajstić information content (AvgIpc) is 2.43. The maximum atomic E-state index is 12.4. The third-order valence-corrected chi connectivity index (χ3v) is 7.28. The summed E-state index contributed by atoms with van der Waals surface area (Å²) in [6.07, 6.45) is 1.40. The molecule has 0 aliphatic heterocycles. The summed E-state index contributed by atoms with van der Waals surface area (Å²) in [5, 5.41) is 0. The van der Waals surface area contributed by atoms with Crippen LogP contribution in [0.3, 0.4) is 0 Å². The molecule has 0 saturated carbocycles. The van der Waals surface area contributed by atoms with Crippen LogP contribution in [0, 0.1) is 0 Å². The Hall–Kier alpha value is -0.790. The lowest BCUT2D eigenvalue weighted by atomic mass is 9.88. The Balaban J connectivity index is 2.59. The Morgan fingerprint density at radius 3 is 2.38 bits per heavy atom. The van der Waals surface area contributed by atoms with E-state index in [9.17, 15) is 13.2 Å². The molecule has 1 aromatic carbocycles. The van der Waals surface area contributed by atoms with Crippen LogP contribution in [0.4, 0.5) is 0 Å². The van der Waals surface area contributed by atoms with Crippen molar-refractivity contribution in [3.8, 4) is 0 Å². The highest BCUT2D eigenvalue weighted by molar-refractivity contribution is 9.13. The highest BCUT2D eigenvalue weighted by Crippen LogP contribution is 2.37. The van der Waals surface area contributed by atoms with Crippen LogP contribution in [0.1, 0.15) is 13.8 Å². The van der Waals surface area contributed by atoms with Gasteiger partial charge in [0.1, 0.15) is 0 Å². The number of allylic oxidation sites excluding steroid dienone is 2. The first-order chi connectivity index (χ1) is 9.66. The molecule has 21 heavy (non-hydrogen) atoms. The fourth-order valence-corrected chi connectivity index (χ4v) is 4.33. The van der Waals surface area contributed by atoms with E-state index in [-0.39, 0.29) is 10.7 Å². The summed E-state index contributed by atoms with van der Waals surface area (Å²) >= 11 is 6.72. The van der Waals surface area contributed by atoms with Gasteiger partial charge in [-0.05, 0) is 37.6 Å². The van der Waals surface area contributed by atoms with Crippen LogP contribution in [0.5, 0.6) is 0 Å². The Kier molecular flexibility index (Phi) is 4.56. The van der Waals surface area contributed by atoms with Gasteiger partial charge in [-0.3, -0.25) is 4.79 Å². The lowest BCUT2D eigenvalue weighted by Gasteiger charge is -2.32. The molecule has 112 valence electrons. The van der Waals surface area contributed by atoms with E-state index in [1.165, 1.54) is 18.2 Å². The highest BCUT2D eigenvalue weighted by atomic mass is 79.9. The topological polar surface area (TPSA) is 63.6 Å². The standard InChI is InChI=1S/C14H13Br2NO3S/c1-9-8-11(18)12(15)14(2,16)13(9)17-21(19,20)10-6-4-3-5-7-10/h3-8,12H,1-2H3/t12-,14+/m0/s1. The fraction of sp³-hybridized carbons (Fsp3) is 0.286. The quantitative estimate of drug-likeness (QED) is 0.671. The highest BCUT2D eigenvalue weighted by Gasteiger charge is 2.43. The largest absolute Gasteiger partial charge is 0.294 e. The summed E-state index contributed by atoms with van der Waals surface area (Å²) in [5.74, 6) is -0.122. The third kappa shape index (κ3) is 3.19. The van der Waals surface area contributed by atoms with E-state index < -0.39 is 19.2 Å². The van der Waals surface area contributed by atoms with Crippen molar-refractivity contribution in [3.05, 3.63) is 42.0 Å². The molecule has 0 heterocycles. The molecule has 1 aromatic rings. The number of sulfonamides is 1. The maximum absolute atomic E-state index is 12.4. The van der Waals surface area contributed by atoms with Gasteiger partial charge >= 0.3 is 0 Å². The van der Waals surface area contributed by atoms with Gasteiger partial charge in [0.15, 0.2) is 5.78 Å². The van der Waals surface area contributed by atoms with Gasteiger partial charge in [-0.2, -0.15) is 12.8 Å². The van der Waals surface area contributed by atoms with Crippen LogP contribution in [-0.2, 0) is 14.8 Å². The molecular weight excluding hydrogens is 422 g/mol. The van der Waals surface area contributed by atoms with E-state index in [0.29, 0.717) is 11.3 Å². The second-order valence-corrected chi connectivity index (χ2v) is 9.06. The average molecular weight is 435 g/mol. The number of carbonyl (C=O) groups is 1. The van der Waals surface area contributed by atoms with Crippen LogP contribution in [0.2, 0.25) is 0 Å². The molecule has 0 amide bonds. The molecule has 2 rings (SSSR count). The summed E-state index contributed by atoms with van der Waals surface area (Å²) in [4.78, 5) is 11.4. The van der Waals surface area contributed by atoms with Crippen LogP contribution in [0.15, 0.2) is 51.3 Å². The van der Waals surface area contributed by atoms with Crippen LogP contribution in [0.25, 0.3) is 0 Å². The Labute approximate surface area is 140 Å². The molecule has 4 nitrogen and oxygen atoms in total. The molecule has 0 spiro atoms. The summed E-state index contributed by atoms with van der Waals surface area (Å²) in [5.41, 5.74) is 0.863. The van der Waals surface area contributed by atoms with Gasteiger partial charge in [-0.25, -0.2) is 0 Å². The van der Waals surface area contributed by atoms with Crippen LogP contribution in [-0.4, -0.2) is 29.1 Å². The molecule has 1 aliphatic carbocycles. The zero-order chi connectivity index (χ0) is 15.8. The molecule has 0 aromatic heterocycles. The minimum atomic E-state index is -3.82. The zero-order valence-corrected chi connectivity index (χ0v) is 15.4. The van der Waals surface area contributed by atoms with Gasteiger partial charge in [0.05, 0.1) is 19.8 Å². The van der Waals surface area contributed by atoms with Crippen molar-refractivity contribution >= 4 is 53.4 Å². The first-order valence-corrected chi connectivity index (χ1v) is 9.27. The minimum Gasteiger partial charge on any atom is -0.294 e. The number of hydrogen-bond acceptors (Lipinski definition) is 3. The van der Waals surface area contributed by atoms with Gasteiger partial charge in [0, 0.05) is 0 Å². The zero-order valence-electron chi connectivity index (χ0n) is 11.4. The number of carbonyl (C=O) groups excluding carboxylic acids is 1. The fourth-order valence-electron chi connectivity index (χ4n) is 2.05. The van der Waals surface area contributed by atoms with E-state index in [1.807, 2.05) is 0 Å². The number of hydrogen-bond donors (Lipinski definition) is 0. The van der Waals surface area contributed by atoms with Crippen LogP contribution >= 0.6 is 31.9 Å². The predicted molar refractivity (Wildman–Crippen MR) is 89.9 cm³/mol. The van der Waals surface area contributed by atoms with Crippen molar-refractivity contribution < 1.29 is 13.2 Å². The van der Waals surface area contributed by atoms with Crippen molar-refractivity contribution in [2.75, 3.05) is 0 Å². The van der Waals surface area contributed by atoms with Crippen molar-refractivity contribution in [1.82, 2.24) is 0 Å². The summed E-state index contributed by atoms with van der Waals surface area (Å²) in [6, 6.07) is 7.99. The smallest absolute Gasteiger partial charge is 0.282 e. The first-order valence-electron chi connectivity index (χ1n) is 6.12. The van der Waals surface area contributed by atoms with Crippen molar-refractivity contribution in [2.24, 2.45) is 4.40 Å². The van der Waals surface area contributed by atoms with E-state index in [1.54, 1.807) is 32.0 Å². The Morgan fingerprint density at radius 1 is 1.24 bits per heavy atom. The first kappa shape index (κ1) is 16.6. The molecule has 0 saturated heterocycles. The molecule has 0 radical (unpaired) electrons. The second kappa shape index (κ2) is 5.78. The lowest BCUT2D eigenvalue weighted by molar-refractivity contribution is -0.114. The van der Waals surface area contributed by atoms with Crippen molar-refractivity contribution in [3.63, 3.8) is 0 Å². The molecule has 0 N–H and O–H groups in total. The number of benzene rings is 1. The number of ketones is 1. The molecule has 7 heteroatoms. The van der Waals surface area contributed by atoms with Crippen molar-refractivity contribution in [2.45, 2.75) is 27.9 Å². The third-order valence-electron chi connectivity index (χ3n) is 3.17. The van der Waals surface area contributed by atoms with E-state index >= 15 is 0 Å². The Morgan fingerprint density at radius 2 is 1.81 bits per heavy atom. The monoisotopic (exact) mass is 433 g/mol. The van der Waals surface area contributed by atoms with Gasteiger partial charge in [-0.1, -0.05) is 50.1 Å². The normalized spacial score (nSPS) is 28.6. The summed E-state index contributed by atoms with van der Waals surface area (Å²) in [7, 11) is -3.82. The second-order valence-electron chi connectivity index (χ2n) is 4.90. The number of rotatable bonds is 2. The maximum Gasteiger partial charge on any atom is 0.282 e. The predicted octanol–water partition coefficient (Wildman–Crippen LogP) is 3.26. The van der Waals surface area contributed by atoms with Gasteiger partial charge < -0.3 is 0 Å². The lowest BCUT2D eigenvalue weighted by Crippen LogP contribution is -2.46. The molecule has 0 bridgehead atoms. The number of alkyl halides is 2. The van der Waals surface area contributed by atoms with Crippen LogP contribution < -0.4 is 0 Å². The van der Waals surface area contributed by atoms with Crippen molar-refractivity contribution in [1.29, 1.82) is 0 Å². The molecule has 1 aliphatic rings. The Bertz CT molecular complexity index is 737. The summed E-state index contributed by atoms with van der Waals surface area (Å²) < 4.78 is 27.8. The van der Waals surface area contributed by atoms with Gasteiger partial charge in [0.2, 0.25) is 0 Å². The van der Waals surface area contributed by atoms with E-state index in [4.69, 9.17) is 0 Å².